The van der Waals surface area contributed by atoms with Gasteiger partial charge in [0, 0.05) is 49.9 Å². The van der Waals surface area contributed by atoms with Crippen molar-refractivity contribution in [2.24, 2.45) is 0 Å². The lowest BCUT2D eigenvalue weighted by atomic mass is 10.1. The highest BCUT2D eigenvalue weighted by molar-refractivity contribution is 6.11. The molecule has 11 rings (SSSR count). The first kappa shape index (κ1) is 31.7. The Balaban J connectivity index is 1.14. The normalized spacial score (nSPS) is 11.6. The van der Waals surface area contributed by atoms with Crippen LogP contribution >= 0.6 is 0 Å². The summed E-state index contributed by atoms with van der Waals surface area (Å²) in [4.78, 5) is 25.6. The Hall–Kier alpha value is -7.77. The molecule has 0 aliphatic rings. The van der Waals surface area contributed by atoms with Crippen LogP contribution in [0, 0.1) is 0 Å². The van der Waals surface area contributed by atoms with Crippen LogP contribution in [0.25, 0.3) is 101 Å². The number of para-hydroxylation sites is 3. The van der Waals surface area contributed by atoms with Crippen LogP contribution in [0.5, 0.6) is 0 Å². The summed E-state index contributed by atoms with van der Waals surface area (Å²) in [6.07, 6.45) is 0. The van der Waals surface area contributed by atoms with Crippen LogP contribution in [0.3, 0.4) is 0 Å². The third kappa shape index (κ3) is 5.25. The molecule has 56 heavy (non-hydrogen) atoms. The minimum atomic E-state index is 0.554. The number of hydrogen-bond acceptors (Lipinski definition) is 5. The molecular weight excluding hydrogens is 687 g/mol. The standard InChI is InChI=1S/C49H31N7/c1-4-16-32(17-5-1)46-50-40(31-45(51-46)55-41-25-13-10-22-36(41)37-23-11-14-26-42(37)55)35-28-29-44-39(30-35)38-24-12-15-27-43(38)56(44)49-53-47(33-18-6-2-7-19-33)52-48(54-49)34-20-8-3-9-21-34/h1-31H. The van der Waals surface area contributed by atoms with Gasteiger partial charge >= 0.3 is 0 Å². The van der Waals surface area contributed by atoms with Crippen molar-refractivity contribution in [3.8, 4) is 57.2 Å². The van der Waals surface area contributed by atoms with E-state index in [1.165, 1.54) is 10.8 Å². The van der Waals surface area contributed by atoms with Gasteiger partial charge in [-0.3, -0.25) is 9.13 Å². The molecule has 4 heterocycles. The fourth-order valence-corrected chi connectivity index (χ4v) is 7.83. The highest BCUT2D eigenvalue weighted by Gasteiger charge is 2.20. The molecule has 0 N–H and O–H groups in total. The van der Waals surface area contributed by atoms with Gasteiger partial charge < -0.3 is 0 Å². The van der Waals surface area contributed by atoms with Crippen LogP contribution in [-0.4, -0.2) is 34.1 Å². The van der Waals surface area contributed by atoms with Gasteiger partial charge in [-0.05, 0) is 30.3 Å². The molecule has 7 nitrogen and oxygen atoms in total. The SMILES string of the molecule is c1ccc(-c2nc(-c3ccc4c(c3)c3ccccc3n4-c3nc(-c4ccccc4)nc(-c4ccccc4)n3)cc(-n3c4ccccc4c4ccccc43)n2)cc1. The Morgan fingerprint density at radius 1 is 0.286 bits per heavy atom. The summed E-state index contributed by atoms with van der Waals surface area (Å²) in [6.45, 7) is 0. The van der Waals surface area contributed by atoms with Crippen molar-refractivity contribution in [1.82, 2.24) is 34.1 Å². The van der Waals surface area contributed by atoms with E-state index >= 15 is 0 Å². The summed E-state index contributed by atoms with van der Waals surface area (Å²) in [5, 5.41) is 4.53. The third-order valence-electron chi connectivity index (χ3n) is 10.4. The van der Waals surface area contributed by atoms with Crippen LogP contribution in [0.1, 0.15) is 0 Å². The van der Waals surface area contributed by atoms with Crippen LogP contribution in [-0.2, 0) is 0 Å². The fraction of sp³-hybridized carbons (Fsp3) is 0. The smallest absolute Gasteiger partial charge is 0.238 e. The molecule has 0 bridgehead atoms. The highest BCUT2D eigenvalue weighted by Crippen LogP contribution is 2.37. The lowest BCUT2D eigenvalue weighted by molar-refractivity contribution is 0.953. The molecule has 0 aliphatic carbocycles. The van der Waals surface area contributed by atoms with Crippen molar-refractivity contribution in [1.29, 1.82) is 0 Å². The van der Waals surface area contributed by atoms with E-state index in [0.717, 1.165) is 66.6 Å². The maximum Gasteiger partial charge on any atom is 0.238 e. The predicted octanol–water partition coefficient (Wildman–Crippen LogP) is 11.5. The first-order valence-corrected chi connectivity index (χ1v) is 18.6. The fourth-order valence-electron chi connectivity index (χ4n) is 7.83. The maximum atomic E-state index is 5.22. The summed E-state index contributed by atoms with van der Waals surface area (Å²) < 4.78 is 4.40. The second-order valence-electron chi connectivity index (χ2n) is 13.8. The Kier molecular flexibility index (Phi) is 7.35. The minimum absolute atomic E-state index is 0.554. The second kappa shape index (κ2) is 13.0. The zero-order valence-electron chi connectivity index (χ0n) is 30.0. The Bertz CT molecular complexity index is 3130. The lowest BCUT2D eigenvalue weighted by Gasteiger charge is -2.12. The van der Waals surface area contributed by atoms with Gasteiger partial charge in [-0.2, -0.15) is 9.97 Å². The van der Waals surface area contributed by atoms with Crippen molar-refractivity contribution >= 4 is 43.6 Å². The van der Waals surface area contributed by atoms with Gasteiger partial charge in [-0.1, -0.05) is 152 Å². The summed E-state index contributed by atoms with van der Waals surface area (Å²) in [5.41, 5.74) is 8.78. The topological polar surface area (TPSA) is 74.3 Å². The zero-order chi connectivity index (χ0) is 37.0. The molecule has 0 saturated carbocycles. The van der Waals surface area contributed by atoms with Gasteiger partial charge in [0.05, 0.1) is 27.8 Å². The second-order valence-corrected chi connectivity index (χ2v) is 13.8. The van der Waals surface area contributed by atoms with E-state index in [0.29, 0.717) is 23.4 Å². The van der Waals surface area contributed by atoms with Crippen LogP contribution < -0.4 is 0 Å². The molecule has 7 heteroatoms. The summed E-state index contributed by atoms with van der Waals surface area (Å²) in [6, 6.07) is 64.4. The van der Waals surface area contributed by atoms with Crippen molar-refractivity contribution in [3.63, 3.8) is 0 Å². The van der Waals surface area contributed by atoms with Gasteiger partial charge in [0.25, 0.3) is 0 Å². The maximum absolute atomic E-state index is 5.22. The molecular formula is C49H31N7. The molecule has 0 spiro atoms. The van der Waals surface area contributed by atoms with Crippen molar-refractivity contribution < 1.29 is 0 Å². The summed E-state index contributed by atoms with van der Waals surface area (Å²) in [5.74, 6) is 3.25. The minimum Gasteiger partial charge on any atom is -0.294 e. The van der Waals surface area contributed by atoms with E-state index in [2.05, 4.69) is 118 Å². The average Bonchev–Trinajstić information content (AvgIpc) is 3.80. The summed E-state index contributed by atoms with van der Waals surface area (Å²) in [7, 11) is 0. The largest absolute Gasteiger partial charge is 0.294 e. The zero-order valence-corrected chi connectivity index (χ0v) is 30.0. The molecule has 0 amide bonds. The van der Waals surface area contributed by atoms with Crippen molar-refractivity contribution in [2.75, 3.05) is 0 Å². The van der Waals surface area contributed by atoms with Gasteiger partial charge in [0.1, 0.15) is 5.82 Å². The molecule has 0 atom stereocenters. The van der Waals surface area contributed by atoms with E-state index in [1.54, 1.807) is 0 Å². The number of nitrogens with zero attached hydrogens (tertiary/aromatic N) is 7. The van der Waals surface area contributed by atoms with Gasteiger partial charge in [-0.15, -0.1) is 0 Å². The highest BCUT2D eigenvalue weighted by atomic mass is 15.2. The van der Waals surface area contributed by atoms with E-state index in [-0.39, 0.29) is 0 Å². The van der Waals surface area contributed by atoms with Crippen molar-refractivity contribution in [3.05, 3.63) is 188 Å². The average molecular weight is 718 g/mol. The Morgan fingerprint density at radius 2 is 0.714 bits per heavy atom. The van der Waals surface area contributed by atoms with Crippen LogP contribution in [0.15, 0.2) is 188 Å². The number of aromatic nitrogens is 7. The summed E-state index contributed by atoms with van der Waals surface area (Å²) >= 11 is 0. The van der Waals surface area contributed by atoms with Crippen LogP contribution in [0.2, 0.25) is 0 Å². The first-order chi connectivity index (χ1) is 27.8. The molecule has 0 unspecified atom stereocenters. The molecule has 0 radical (unpaired) electrons. The quantitative estimate of drug-likeness (QED) is 0.171. The molecule has 0 saturated heterocycles. The number of fused-ring (bicyclic) bond motifs is 6. The van der Waals surface area contributed by atoms with E-state index in [4.69, 9.17) is 24.9 Å². The third-order valence-corrected chi connectivity index (χ3v) is 10.4. The van der Waals surface area contributed by atoms with Gasteiger partial charge in [0.15, 0.2) is 17.5 Å². The van der Waals surface area contributed by atoms with E-state index < -0.39 is 0 Å². The molecule has 0 aliphatic heterocycles. The van der Waals surface area contributed by atoms with Crippen molar-refractivity contribution in [2.45, 2.75) is 0 Å². The molecule has 7 aromatic carbocycles. The lowest BCUT2D eigenvalue weighted by Crippen LogP contribution is -2.06. The number of benzene rings is 7. The predicted molar refractivity (Wildman–Crippen MR) is 226 cm³/mol. The van der Waals surface area contributed by atoms with E-state index in [1.807, 2.05) is 78.9 Å². The number of hydrogen-bond donors (Lipinski definition) is 0. The molecule has 4 aromatic heterocycles. The molecule has 262 valence electrons. The Morgan fingerprint density at radius 3 is 1.25 bits per heavy atom. The van der Waals surface area contributed by atoms with Gasteiger partial charge in [-0.25, -0.2) is 15.0 Å². The molecule has 11 aromatic rings. The Labute approximate surface area is 321 Å². The van der Waals surface area contributed by atoms with Crippen LogP contribution in [0.4, 0.5) is 0 Å². The van der Waals surface area contributed by atoms with E-state index in [9.17, 15) is 0 Å². The van der Waals surface area contributed by atoms with Gasteiger partial charge in [0.2, 0.25) is 5.95 Å². The monoisotopic (exact) mass is 717 g/mol. The first-order valence-electron chi connectivity index (χ1n) is 18.6. The number of rotatable bonds is 6. The molecule has 0 fully saturated rings.